The molecule has 0 aliphatic carbocycles. The van der Waals surface area contributed by atoms with Gasteiger partial charge in [0, 0.05) is 38.1 Å². The van der Waals surface area contributed by atoms with Crippen molar-refractivity contribution in [2.45, 2.75) is 32.0 Å². The molecule has 8 nitrogen and oxygen atoms in total. The molecule has 1 fully saturated rings. The van der Waals surface area contributed by atoms with Gasteiger partial charge in [0.2, 0.25) is 5.88 Å². The number of rotatable bonds is 5. The minimum atomic E-state index is -4.40. The quantitative estimate of drug-likeness (QED) is 0.579. The van der Waals surface area contributed by atoms with Crippen LogP contribution in [-0.4, -0.2) is 51.2 Å². The van der Waals surface area contributed by atoms with Crippen LogP contribution in [0.3, 0.4) is 0 Å². The number of halogens is 3. The highest BCUT2D eigenvalue weighted by Gasteiger charge is 2.30. The van der Waals surface area contributed by atoms with Crippen molar-refractivity contribution in [3.8, 4) is 11.8 Å². The third kappa shape index (κ3) is 5.58. The molecule has 0 atom stereocenters. The number of benzene rings is 1. The van der Waals surface area contributed by atoms with Crippen molar-refractivity contribution in [3.05, 3.63) is 47.5 Å². The van der Waals surface area contributed by atoms with Crippen molar-refractivity contribution in [1.29, 1.82) is 0 Å². The molecule has 0 radical (unpaired) electrons. The first-order valence-corrected chi connectivity index (χ1v) is 9.10. The second kappa shape index (κ2) is 8.97. The van der Waals surface area contributed by atoms with Crippen LogP contribution >= 0.6 is 0 Å². The number of likely N-dealkylation sites (tertiary alicyclic amines) is 1. The number of carbonyl (C=O) groups is 1. The normalized spacial score (nSPS) is 15.7. The number of amides is 1. The van der Waals surface area contributed by atoms with Crippen LogP contribution in [0.2, 0.25) is 0 Å². The number of piperidine rings is 1. The number of hydrogen-bond acceptors (Lipinski definition) is 6. The monoisotopic (exact) mass is 424 g/mol. The number of aromatic nitrogens is 2. The van der Waals surface area contributed by atoms with Crippen molar-refractivity contribution in [2.24, 2.45) is 5.16 Å². The van der Waals surface area contributed by atoms with Crippen LogP contribution in [0.5, 0.6) is 11.8 Å². The van der Waals surface area contributed by atoms with Gasteiger partial charge in [-0.2, -0.15) is 13.2 Å². The number of oxime groups is 1. The topological polar surface area (TPSA) is 97.1 Å². The Labute approximate surface area is 169 Å². The summed E-state index contributed by atoms with van der Waals surface area (Å²) in [4.78, 5) is 17.4. The van der Waals surface area contributed by atoms with Gasteiger partial charge in [-0.3, -0.25) is 0 Å². The Kier molecular flexibility index (Phi) is 6.38. The Hall–Kier alpha value is -3.37. The van der Waals surface area contributed by atoms with E-state index in [2.05, 4.69) is 15.4 Å². The molecular formula is C19H19F3N4O4. The number of ether oxygens (including phenoxy) is 1. The number of alkyl halides is 3. The lowest BCUT2D eigenvalue weighted by Crippen LogP contribution is -2.41. The van der Waals surface area contributed by atoms with Gasteiger partial charge in [0.1, 0.15) is 6.10 Å². The van der Waals surface area contributed by atoms with Crippen LogP contribution in [0.4, 0.5) is 18.0 Å². The Morgan fingerprint density at radius 1 is 1.10 bits per heavy atom. The first-order valence-electron chi connectivity index (χ1n) is 9.10. The Morgan fingerprint density at radius 3 is 2.23 bits per heavy atom. The second-order valence-electron chi connectivity index (χ2n) is 6.64. The largest absolute Gasteiger partial charge is 0.473 e. The van der Waals surface area contributed by atoms with Gasteiger partial charge in [-0.15, -0.1) is 10.2 Å². The Bertz CT molecular complexity index is 893. The highest BCUT2D eigenvalue weighted by atomic mass is 19.4. The molecule has 1 aromatic heterocycles. The van der Waals surface area contributed by atoms with E-state index in [4.69, 9.17) is 14.7 Å². The number of nitrogens with zero attached hydrogens (tertiary/aromatic N) is 4. The van der Waals surface area contributed by atoms with Crippen LogP contribution < -0.4 is 9.57 Å². The average molecular weight is 424 g/mol. The van der Waals surface area contributed by atoms with Crippen LogP contribution in [0, 0.1) is 0 Å². The second-order valence-corrected chi connectivity index (χ2v) is 6.64. The van der Waals surface area contributed by atoms with Crippen LogP contribution in [-0.2, 0) is 6.18 Å². The van der Waals surface area contributed by atoms with Crippen LogP contribution in [0.15, 0.2) is 41.6 Å². The fourth-order valence-corrected chi connectivity index (χ4v) is 2.82. The lowest BCUT2D eigenvalue weighted by molar-refractivity contribution is -0.137. The first-order chi connectivity index (χ1) is 14.2. The van der Waals surface area contributed by atoms with Gasteiger partial charge < -0.3 is 19.6 Å². The molecule has 1 saturated heterocycles. The molecule has 1 aromatic carbocycles. The molecule has 0 spiro atoms. The minimum absolute atomic E-state index is 0.0920. The smallest absolute Gasteiger partial charge is 0.416 e. The molecule has 3 rings (SSSR count). The molecular weight excluding hydrogens is 405 g/mol. The van der Waals surface area contributed by atoms with Gasteiger partial charge in [0.15, 0.2) is 0 Å². The molecule has 0 unspecified atom stereocenters. The molecule has 2 aromatic rings. The summed E-state index contributed by atoms with van der Waals surface area (Å²) in [7, 11) is 0. The third-order valence-corrected chi connectivity index (χ3v) is 4.52. The third-order valence-electron chi connectivity index (χ3n) is 4.52. The fourth-order valence-electron chi connectivity index (χ4n) is 2.82. The van der Waals surface area contributed by atoms with Gasteiger partial charge in [-0.1, -0.05) is 17.3 Å². The standard InChI is InChI=1S/C19H19F3N4O4/c1-12(13-2-4-14(5-3-13)19(20,21)22)25-30-17-7-6-16(23-24-17)29-15-8-10-26(11-9-15)18(27)28/h2-7,15H,8-11H2,1H3,(H,27,28). The molecule has 1 N–H and O–H groups in total. The van der Waals surface area contributed by atoms with E-state index in [1.807, 2.05) is 0 Å². The Balaban J connectivity index is 1.53. The predicted octanol–water partition coefficient (Wildman–Crippen LogP) is 3.82. The zero-order chi connectivity index (χ0) is 21.7. The first kappa shape index (κ1) is 21.3. The summed E-state index contributed by atoms with van der Waals surface area (Å²) in [6, 6.07) is 7.61. The van der Waals surface area contributed by atoms with Crippen molar-refractivity contribution >= 4 is 11.8 Å². The summed E-state index contributed by atoms with van der Waals surface area (Å²) in [6.45, 7) is 2.39. The maximum Gasteiger partial charge on any atom is 0.416 e. The van der Waals surface area contributed by atoms with E-state index in [0.29, 0.717) is 37.2 Å². The molecule has 1 aliphatic heterocycles. The van der Waals surface area contributed by atoms with Gasteiger partial charge >= 0.3 is 12.3 Å². The minimum Gasteiger partial charge on any atom is -0.473 e. The maximum atomic E-state index is 12.6. The molecule has 1 aliphatic rings. The van der Waals surface area contributed by atoms with E-state index >= 15 is 0 Å². The summed E-state index contributed by atoms with van der Waals surface area (Å²) in [5.41, 5.74) is 0.106. The highest BCUT2D eigenvalue weighted by molar-refractivity contribution is 5.98. The molecule has 2 heterocycles. The van der Waals surface area contributed by atoms with Crippen molar-refractivity contribution in [3.63, 3.8) is 0 Å². The molecule has 160 valence electrons. The van der Waals surface area contributed by atoms with E-state index in [1.54, 1.807) is 13.0 Å². The lowest BCUT2D eigenvalue weighted by atomic mass is 10.1. The fraction of sp³-hybridized carbons (Fsp3) is 0.368. The molecule has 0 saturated carbocycles. The van der Waals surface area contributed by atoms with Crippen LogP contribution in [0.25, 0.3) is 0 Å². The lowest BCUT2D eigenvalue weighted by Gasteiger charge is -2.29. The zero-order valence-electron chi connectivity index (χ0n) is 16.0. The predicted molar refractivity (Wildman–Crippen MR) is 99.6 cm³/mol. The van der Waals surface area contributed by atoms with E-state index in [-0.39, 0.29) is 17.9 Å². The summed E-state index contributed by atoms with van der Waals surface area (Å²) >= 11 is 0. The van der Waals surface area contributed by atoms with Gasteiger partial charge in [0.05, 0.1) is 11.3 Å². The average Bonchev–Trinajstić information content (AvgIpc) is 2.73. The van der Waals surface area contributed by atoms with Crippen LogP contribution in [0.1, 0.15) is 30.9 Å². The van der Waals surface area contributed by atoms with Gasteiger partial charge in [-0.25, -0.2) is 4.79 Å². The van der Waals surface area contributed by atoms with Crippen molar-refractivity contribution in [1.82, 2.24) is 15.1 Å². The molecule has 30 heavy (non-hydrogen) atoms. The van der Waals surface area contributed by atoms with E-state index in [1.165, 1.54) is 23.1 Å². The van der Waals surface area contributed by atoms with Crippen molar-refractivity contribution in [2.75, 3.05) is 13.1 Å². The van der Waals surface area contributed by atoms with Gasteiger partial charge in [-0.05, 0) is 24.6 Å². The summed E-state index contributed by atoms with van der Waals surface area (Å²) in [5, 5.41) is 20.5. The van der Waals surface area contributed by atoms with Crippen molar-refractivity contribution < 1.29 is 32.6 Å². The van der Waals surface area contributed by atoms with E-state index < -0.39 is 17.8 Å². The Morgan fingerprint density at radius 2 is 1.70 bits per heavy atom. The van der Waals surface area contributed by atoms with E-state index in [9.17, 15) is 18.0 Å². The zero-order valence-corrected chi connectivity index (χ0v) is 16.0. The SMILES string of the molecule is CC(=NOc1ccc(OC2CCN(C(=O)O)CC2)nn1)c1ccc(C(F)(F)F)cc1. The molecule has 11 heteroatoms. The number of carboxylic acid groups (broad SMARTS) is 1. The number of hydrogen-bond donors (Lipinski definition) is 1. The molecule has 0 bridgehead atoms. The van der Waals surface area contributed by atoms with Gasteiger partial charge in [0.25, 0.3) is 5.88 Å². The van der Waals surface area contributed by atoms with E-state index in [0.717, 1.165) is 12.1 Å². The highest BCUT2D eigenvalue weighted by Crippen LogP contribution is 2.29. The molecule has 1 amide bonds. The summed E-state index contributed by atoms with van der Waals surface area (Å²) in [5.74, 6) is 0.369. The summed E-state index contributed by atoms with van der Waals surface area (Å²) < 4.78 is 43.5. The maximum absolute atomic E-state index is 12.6. The summed E-state index contributed by atoms with van der Waals surface area (Å²) in [6.07, 6.45) is -4.37.